The van der Waals surface area contributed by atoms with Gasteiger partial charge in [0.15, 0.2) is 0 Å². The molecule has 200 valence electrons. The second-order valence-corrected chi connectivity index (χ2v) is 6.64. The van der Waals surface area contributed by atoms with Gasteiger partial charge >= 0.3 is 37.4 Å². The van der Waals surface area contributed by atoms with E-state index in [4.69, 9.17) is 0 Å². The average molecular weight is 538 g/mol. The quantitative estimate of drug-likeness (QED) is 0.430. The van der Waals surface area contributed by atoms with Crippen LogP contribution in [0.2, 0.25) is 0 Å². The molecule has 2 aromatic rings. The first kappa shape index (κ1) is 30.3. The van der Waals surface area contributed by atoms with E-state index in [0.29, 0.717) is 11.1 Å². The molecule has 0 saturated carbocycles. The number of anilines is 2. The predicted molar refractivity (Wildman–Crippen MR) is 105 cm³/mol. The van der Waals surface area contributed by atoms with E-state index in [2.05, 4.69) is 9.47 Å². The van der Waals surface area contributed by atoms with Crippen molar-refractivity contribution in [1.29, 1.82) is 0 Å². The molecule has 6 nitrogen and oxygen atoms in total. The van der Waals surface area contributed by atoms with Crippen LogP contribution in [0.5, 0.6) is 11.5 Å². The van der Waals surface area contributed by atoms with E-state index in [1.807, 2.05) is 0 Å². The fourth-order valence-corrected chi connectivity index (χ4v) is 2.22. The lowest BCUT2D eigenvalue weighted by molar-refractivity contribution is -0.167. The van der Waals surface area contributed by atoms with Crippen molar-refractivity contribution in [3.8, 4) is 11.5 Å². The number of alkyl halides is 10. The third-order valence-electron chi connectivity index (χ3n) is 3.78. The summed E-state index contributed by atoms with van der Waals surface area (Å²) in [5.41, 5.74) is 0.0535. The topological polar surface area (TPSA) is 76.7 Å². The van der Waals surface area contributed by atoms with E-state index in [-0.39, 0.29) is 11.4 Å². The highest BCUT2D eigenvalue weighted by Crippen LogP contribution is 2.29. The lowest BCUT2D eigenvalue weighted by Gasteiger charge is -2.13. The Balaban J connectivity index is 0.000000360. The molecule has 0 aliphatic heterocycles. The number of aryl methyl sites for hydroxylation is 2. The van der Waals surface area contributed by atoms with E-state index in [1.165, 1.54) is 36.6 Å². The van der Waals surface area contributed by atoms with Crippen LogP contribution >= 0.6 is 0 Å². The molecule has 0 radical (unpaired) electrons. The predicted octanol–water partition coefficient (Wildman–Crippen LogP) is 6.19. The largest absolute Gasteiger partial charge is 0.471 e. The molecule has 2 rings (SSSR count). The SMILES string of the molecule is Cc1ccc(NC(=O)C(F)(F)F)c(OC(F)F)c1.Cc1ccc(NC(=O)C(F)(F)F)cc1OC(F)F. The van der Waals surface area contributed by atoms with Gasteiger partial charge in [-0.2, -0.15) is 43.9 Å². The first-order valence-corrected chi connectivity index (χ1v) is 9.27. The van der Waals surface area contributed by atoms with E-state index in [0.717, 1.165) is 24.3 Å². The number of rotatable bonds is 6. The fraction of sp³-hybridized carbons (Fsp3) is 0.300. The molecule has 16 heteroatoms. The van der Waals surface area contributed by atoms with Crippen molar-refractivity contribution >= 4 is 23.2 Å². The molecule has 0 bridgehead atoms. The number of ether oxygens (including phenoxy) is 2. The number of carbonyl (C=O) groups excluding carboxylic acids is 2. The third kappa shape index (κ3) is 10.3. The third-order valence-corrected chi connectivity index (χ3v) is 3.78. The highest BCUT2D eigenvalue weighted by molar-refractivity contribution is 5.96. The zero-order chi connectivity index (χ0) is 27.8. The van der Waals surface area contributed by atoms with Gasteiger partial charge in [-0.25, -0.2) is 0 Å². The van der Waals surface area contributed by atoms with E-state index >= 15 is 0 Å². The molecule has 0 fully saturated rings. The minimum atomic E-state index is -5.10. The van der Waals surface area contributed by atoms with Crippen molar-refractivity contribution < 1.29 is 63.0 Å². The summed E-state index contributed by atoms with van der Waals surface area (Å²) in [6.07, 6.45) is -10.2. The molecule has 0 unspecified atom stereocenters. The Morgan fingerprint density at radius 2 is 1.22 bits per heavy atom. The van der Waals surface area contributed by atoms with Crippen molar-refractivity contribution in [2.75, 3.05) is 10.6 Å². The molecule has 0 spiro atoms. The van der Waals surface area contributed by atoms with Crippen molar-refractivity contribution in [2.45, 2.75) is 39.4 Å². The highest BCUT2D eigenvalue weighted by Gasteiger charge is 2.39. The van der Waals surface area contributed by atoms with Crippen LogP contribution in [0.1, 0.15) is 11.1 Å². The van der Waals surface area contributed by atoms with Crippen LogP contribution in [0.4, 0.5) is 55.3 Å². The van der Waals surface area contributed by atoms with Crippen molar-refractivity contribution in [3.63, 3.8) is 0 Å². The second-order valence-electron chi connectivity index (χ2n) is 6.64. The Kier molecular flexibility index (Phi) is 10.4. The smallest absolute Gasteiger partial charge is 0.434 e. The van der Waals surface area contributed by atoms with Gasteiger partial charge in [0.25, 0.3) is 0 Å². The number of hydrogen-bond donors (Lipinski definition) is 2. The normalized spacial score (nSPS) is 11.5. The Morgan fingerprint density at radius 3 is 1.72 bits per heavy atom. The molecule has 0 aromatic heterocycles. The van der Waals surface area contributed by atoms with Crippen molar-refractivity contribution in [1.82, 2.24) is 0 Å². The van der Waals surface area contributed by atoms with Gasteiger partial charge in [-0.15, -0.1) is 0 Å². The van der Waals surface area contributed by atoms with Crippen LogP contribution in [0, 0.1) is 13.8 Å². The summed E-state index contributed by atoms with van der Waals surface area (Å²) in [4.78, 5) is 21.3. The summed E-state index contributed by atoms with van der Waals surface area (Å²) in [5.74, 6) is -5.27. The van der Waals surface area contributed by atoms with Gasteiger partial charge < -0.3 is 20.1 Å². The zero-order valence-electron chi connectivity index (χ0n) is 18.0. The number of hydrogen-bond acceptors (Lipinski definition) is 4. The van der Waals surface area contributed by atoms with Gasteiger partial charge in [0.2, 0.25) is 0 Å². The maximum absolute atomic E-state index is 12.0. The standard InChI is InChI=1S/2C10H8F5NO2/c1-5-2-3-6(4-7(5)18-9(11)12)16-8(17)10(13,14)15;1-5-2-3-6(7(4-5)18-9(11)12)16-8(17)10(13,14)15/h2*2-4,9H,1H3,(H,16,17). The summed E-state index contributed by atoms with van der Waals surface area (Å²) in [5, 5.41) is 2.99. The van der Waals surface area contributed by atoms with Crippen LogP contribution in [0.25, 0.3) is 0 Å². The fourth-order valence-electron chi connectivity index (χ4n) is 2.22. The number of benzene rings is 2. The van der Waals surface area contributed by atoms with E-state index in [9.17, 15) is 53.5 Å². The lowest BCUT2D eigenvalue weighted by Crippen LogP contribution is -2.30. The van der Waals surface area contributed by atoms with E-state index in [1.54, 1.807) is 0 Å². The zero-order valence-corrected chi connectivity index (χ0v) is 18.0. The number of carbonyl (C=O) groups is 2. The Bertz CT molecular complexity index is 1060. The van der Waals surface area contributed by atoms with Gasteiger partial charge in [0.05, 0.1) is 5.69 Å². The highest BCUT2D eigenvalue weighted by atomic mass is 19.4. The van der Waals surface area contributed by atoms with Gasteiger partial charge in [0.1, 0.15) is 11.5 Å². The molecule has 0 saturated heterocycles. The maximum atomic E-state index is 12.0. The first-order chi connectivity index (χ1) is 16.4. The summed E-state index contributed by atoms with van der Waals surface area (Å²) >= 11 is 0. The molecular formula is C20H16F10N2O4. The lowest BCUT2D eigenvalue weighted by atomic mass is 10.2. The molecule has 0 heterocycles. The monoisotopic (exact) mass is 538 g/mol. The average Bonchev–Trinajstić information content (AvgIpc) is 2.70. The van der Waals surface area contributed by atoms with E-state index < -0.39 is 48.8 Å². The van der Waals surface area contributed by atoms with Crippen LogP contribution in [-0.4, -0.2) is 37.4 Å². The molecular weight excluding hydrogens is 522 g/mol. The number of amides is 2. The number of nitrogens with one attached hydrogen (secondary N) is 2. The Morgan fingerprint density at radius 1 is 0.722 bits per heavy atom. The van der Waals surface area contributed by atoms with Crippen LogP contribution in [0.3, 0.4) is 0 Å². The van der Waals surface area contributed by atoms with Crippen molar-refractivity contribution in [2.24, 2.45) is 0 Å². The second kappa shape index (κ2) is 12.3. The summed E-state index contributed by atoms with van der Waals surface area (Å²) in [6, 6.07) is 6.80. The molecule has 2 amide bonds. The molecule has 36 heavy (non-hydrogen) atoms. The molecule has 0 atom stereocenters. The summed E-state index contributed by atoms with van der Waals surface area (Å²) in [6.45, 7) is -3.33. The van der Waals surface area contributed by atoms with Gasteiger partial charge in [0, 0.05) is 11.8 Å². The van der Waals surface area contributed by atoms with Crippen LogP contribution in [0.15, 0.2) is 36.4 Å². The minimum absolute atomic E-state index is 0.279. The Labute approximate surface area is 196 Å². The molecule has 0 aliphatic rings. The van der Waals surface area contributed by atoms with Crippen LogP contribution < -0.4 is 20.1 Å². The summed E-state index contributed by atoms with van der Waals surface area (Å²) < 4.78 is 128. The Hall–Kier alpha value is -3.72. The van der Waals surface area contributed by atoms with Gasteiger partial charge in [-0.3, -0.25) is 9.59 Å². The number of halogens is 10. The van der Waals surface area contributed by atoms with Gasteiger partial charge in [-0.05, 0) is 43.2 Å². The minimum Gasteiger partial charge on any atom is -0.434 e. The molecule has 0 aliphatic carbocycles. The summed E-state index contributed by atoms with van der Waals surface area (Å²) in [7, 11) is 0. The maximum Gasteiger partial charge on any atom is 0.471 e. The first-order valence-electron chi connectivity index (χ1n) is 9.27. The van der Waals surface area contributed by atoms with Crippen molar-refractivity contribution in [3.05, 3.63) is 47.5 Å². The van der Waals surface area contributed by atoms with Gasteiger partial charge in [-0.1, -0.05) is 12.1 Å². The molecule has 2 N–H and O–H groups in total. The molecule has 2 aromatic carbocycles. The van der Waals surface area contributed by atoms with Crippen LogP contribution in [-0.2, 0) is 9.59 Å².